The minimum absolute atomic E-state index is 0.0568. The van der Waals surface area contributed by atoms with Crippen LogP contribution in [0.15, 0.2) is 28.7 Å². The summed E-state index contributed by atoms with van der Waals surface area (Å²) >= 11 is 1.31. The molecule has 2 amide bonds. The number of aryl methyl sites for hydroxylation is 1. The first kappa shape index (κ1) is 15.3. The van der Waals surface area contributed by atoms with E-state index in [1.54, 1.807) is 6.07 Å². The lowest BCUT2D eigenvalue weighted by molar-refractivity contribution is -0.120. The first-order valence-electron chi connectivity index (χ1n) is 6.65. The van der Waals surface area contributed by atoms with Crippen LogP contribution >= 0.6 is 11.3 Å². The van der Waals surface area contributed by atoms with Crippen LogP contribution in [0.5, 0.6) is 0 Å². The average molecular weight is 306 g/mol. The highest BCUT2D eigenvalue weighted by Gasteiger charge is 2.23. The lowest BCUT2D eigenvalue weighted by Gasteiger charge is -2.18. The highest BCUT2D eigenvalue weighted by molar-refractivity contribution is 7.17. The Kier molecular flexibility index (Phi) is 4.47. The second kappa shape index (κ2) is 6.13. The van der Waals surface area contributed by atoms with Crippen molar-refractivity contribution in [1.82, 2.24) is 5.32 Å². The third kappa shape index (κ3) is 3.52. The maximum Gasteiger partial charge on any atom is 0.262 e. The molecule has 0 aromatic carbocycles. The quantitative estimate of drug-likeness (QED) is 0.890. The molecule has 3 N–H and O–H groups in total. The van der Waals surface area contributed by atoms with Gasteiger partial charge in [-0.05, 0) is 37.1 Å². The van der Waals surface area contributed by atoms with E-state index in [0.717, 1.165) is 16.4 Å². The van der Waals surface area contributed by atoms with Crippen LogP contribution in [0.2, 0.25) is 0 Å². The number of furan rings is 1. The molecular formula is C15H18N2O3S. The predicted octanol–water partition coefficient (Wildman–Crippen LogP) is 2.56. The minimum atomic E-state index is -0.672. The Hall–Kier alpha value is -2.08. The van der Waals surface area contributed by atoms with Crippen LogP contribution in [0.4, 0.5) is 0 Å². The fraction of sp³-hybridized carbons (Fsp3) is 0.333. The van der Waals surface area contributed by atoms with E-state index in [0.29, 0.717) is 4.88 Å². The SMILES string of the molecule is Cc1ccc(-c2ccc(C(=O)N[C@@H](C(N)=O)C(C)C)s2)o1. The van der Waals surface area contributed by atoms with E-state index in [4.69, 9.17) is 10.2 Å². The summed E-state index contributed by atoms with van der Waals surface area (Å²) < 4.78 is 5.52. The van der Waals surface area contributed by atoms with Gasteiger partial charge in [0.1, 0.15) is 17.6 Å². The fourth-order valence-electron chi connectivity index (χ4n) is 1.94. The van der Waals surface area contributed by atoms with E-state index < -0.39 is 11.9 Å². The molecule has 2 heterocycles. The molecule has 112 valence electrons. The van der Waals surface area contributed by atoms with E-state index in [2.05, 4.69) is 5.32 Å². The van der Waals surface area contributed by atoms with Gasteiger partial charge in [0.15, 0.2) is 0 Å². The molecule has 0 fully saturated rings. The van der Waals surface area contributed by atoms with Gasteiger partial charge in [-0.2, -0.15) is 0 Å². The van der Waals surface area contributed by atoms with Crippen LogP contribution in [0.3, 0.4) is 0 Å². The predicted molar refractivity (Wildman–Crippen MR) is 82.0 cm³/mol. The molecular weight excluding hydrogens is 288 g/mol. The van der Waals surface area contributed by atoms with Gasteiger partial charge in [0.05, 0.1) is 9.75 Å². The van der Waals surface area contributed by atoms with Crippen LogP contribution in [0.25, 0.3) is 10.6 Å². The Balaban J connectivity index is 2.14. The molecule has 21 heavy (non-hydrogen) atoms. The number of rotatable bonds is 5. The number of carbonyl (C=O) groups excluding carboxylic acids is 2. The van der Waals surface area contributed by atoms with Gasteiger partial charge in [-0.3, -0.25) is 9.59 Å². The minimum Gasteiger partial charge on any atom is -0.461 e. The summed E-state index contributed by atoms with van der Waals surface area (Å²) in [5.41, 5.74) is 5.30. The van der Waals surface area contributed by atoms with Gasteiger partial charge in [0.25, 0.3) is 5.91 Å². The van der Waals surface area contributed by atoms with Gasteiger partial charge in [-0.1, -0.05) is 13.8 Å². The second-order valence-corrected chi connectivity index (χ2v) is 6.26. The van der Waals surface area contributed by atoms with Crippen molar-refractivity contribution in [3.05, 3.63) is 34.9 Å². The zero-order valence-corrected chi connectivity index (χ0v) is 13.0. The number of hydrogen-bond donors (Lipinski definition) is 2. The zero-order chi connectivity index (χ0) is 15.6. The van der Waals surface area contributed by atoms with Crippen molar-refractivity contribution in [1.29, 1.82) is 0 Å². The maximum atomic E-state index is 12.2. The van der Waals surface area contributed by atoms with Gasteiger partial charge in [-0.25, -0.2) is 0 Å². The molecule has 0 spiro atoms. The average Bonchev–Trinajstić information content (AvgIpc) is 3.03. The fourth-order valence-corrected chi connectivity index (χ4v) is 2.81. The maximum absolute atomic E-state index is 12.2. The molecule has 0 aliphatic heterocycles. The topological polar surface area (TPSA) is 85.3 Å². The standard InChI is InChI=1S/C15H18N2O3S/c1-8(2)13(14(16)18)17-15(19)12-7-6-11(21-12)10-5-4-9(3)20-10/h4-8,13H,1-3H3,(H2,16,18)(H,17,19)/t13-/m1/s1. The second-order valence-electron chi connectivity index (χ2n) is 5.17. The van der Waals surface area contributed by atoms with Crippen LogP contribution in [-0.4, -0.2) is 17.9 Å². The normalized spacial score (nSPS) is 12.4. The van der Waals surface area contributed by atoms with Gasteiger partial charge in [-0.15, -0.1) is 11.3 Å². The Labute approximate surface area is 127 Å². The van der Waals surface area contributed by atoms with Gasteiger partial charge in [0.2, 0.25) is 5.91 Å². The summed E-state index contributed by atoms with van der Waals surface area (Å²) in [5, 5.41) is 2.67. The summed E-state index contributed by atoms with van der Waals surface area (Å²) in [6, 6.07) is 6.60. The molecule has 2 aromatic heterocycles. The van der Waals surface area contributed by atoms with Crippen molar-refractivity contribution < 1.29 is 14.0 Å². The number of thiophene rings is 1. The van der Waals surface area contributed by atoms with E-state index in [9.17, 15) is 9.59 Å². The number of amides is 2. The van der Waals surface area contributed by atoms with Gasteiger partial charge >= 0.3 is 0 Å². The number of hydrogen-bond acceptors (Lipinski definition) is 4. The Morgan fingerprint density at radius 3 is 2.48 bits per heavy atom. The largest absolute Gasteiger partial charge is 0.461 e. The summed E-state index contributed by atoms with van der Waals surface area (Å²) in [4.78, 5) is 24.9. The molecule has 0 aliphatic carbocycles. The lowest BCUT2D eigenvalue weighted by atomic mass is 10.0. The molecule has 0 saturated carbocycles. The van der Waals surface area contributed by atoms with Crippen molar-refractivity contribution in [2.24, 2.45) is 11.7 Å². The molecule has 0 aliphatic rings. The van der Waals surface area contributed by atoms with Gasteiger partial charge in [0, 0.05) is 0 Å². The summed E-state index contributed by atoms with van der Waals surface area (Å²) in [6.07, 6.45) is 0. The van der Waals surface area contributed by atoms with Crippen molar-refractivity contribution in [3.8, 4) is 10.6 Å². The molecule has 0 saturated heterocycles. The Morgan fingerprint density at radius 2 is 1.95 bits per heavy atom. The van der Waals surface area contributed by atoms with E-state index >= 15 is 0 Å². The van der Waals surface area contributed by atoms with E-state index in [1.165, 1.54) is 11.3 Å². The van der Waals surface area contributed by atoms with E-state index in [1.807, 2.05) is 39.0 Å². The zero-order valence-electron chi connectivity index (χ0n) is 12.2. The van der Waals surface area contributed by atoms with Crippen molar-refractivity contribution in [2.75, 3.05) is 0 Å². The van der Waals surface area contributed by atoms with Crippen LogP contribution < -0.4 is 11.1 Å². The number of carbonyl (C=O) groups is 2. The summed E-state index contributed by atoms with van der Waals surface area (Å²) in [6.45, 7) is 5.53. The summed E-state index contributed by atoms with van der Waals surface area (Å²) in [7, 11) is 0. The molecule has 0 unspecified atom stereocenters. The Morgan fingerprint density at radius 1 is 1.24 bits per heavy atom. The summed E-state index contributed by atoms with van der Waals surface area (Å²) in [5.74, 6) is 0.660. The highest BCUT2D eigenvalue weighted by Crippen LogP contribution is 2.29. The van der Waals surface area contributed by atoms with E-state index in [-0.39, 0.29) is 11.8 Å². The number of nitrogens with one attached hydrogen (secondary N) is 1. The van der Waals surface area contributed by atoms with Gasteiger partial charge < -0.3 is 15.5 Å². The van der Waals surface area contributed by atoms with Crippen LogP contribution in [-0.2, 0) is 4.79 Å². The molecule has 6 heteroatoms. The molecule has 1 atom stereocenters. The third-order valence-corrected chi connectivity index (χ3v) is 4.17. The smallest absolute Gasteiger partial charge is 0.262 e. The third-order valence-electron chi connectivity index (χ3n) is 3.07. The number of nitrogens with two attached hydrogens (primary N) is 1. The highest BCUT2D eigenvalue weighted by atomic mass is 32.1. The van der Waals surface area contributed by atoms with Crippen LogP contribution in [0.1, 0.15) is 29.3 Å². The monoisotopic (exact) mass is 306 g/mol. The molecule has 5 nitrogen and oxygen atoms in total. The lowest BCUT2D eigenvalue weighted by Crippen LogP contribution is -2.47. The molecule has 0 bridgehead atoms. The van der Waals surface area contributed by atoms with Crippen molar-refractivity contribution >= 4 is 23.2 Å². The number of primary amides is 1. The van der Waals surface area contributed by atoms with Crippen molar-refractivity contribution in [2.45, 2.75) is 26.8 Å². The van der Waals surface area contributed by atoms with Crippen LogP contribution in [0, 0.1) is 12.8 Å². The first-order valence-corrected chi connectivity index (χ1v) is 7.47. The molecule has 2 aromatic rings. The van der Waals surface area contributed by atoms with Crippen molar-refractivity contribution in [3.63, 3.8) is 0 Å². The Bertz CT molecular complexity index is 657. The molecule has 0 radical (unpaired) electrons. The first-order chi connectivity index (χ1) is 9.88. The molecule has 2 rings (SSSR count).